The van der Waals surface area contributed by atoms with Gasteiger partial charge in [-0.15, -0.1) is 5.10 Å². The Balaban J connectivity index is 1.86. The van der Waals surface area contributed by atoms with E-state index in [1.807, 2.05) is 55.5 Å². The highest BCUT2D eigenvalue weighted by Crippen LogP contribution is 2.15. The fourth-order valence-corrected chi connectivity index (χ4v) is 2.39. The van der Waals surface area contributed by atoms with Crippen LogP contribution in [0.3, 0.4) is 0 Å². The van der Waals surface area contributed by atoms with Crippen LogP contribution in [-0.4, -0.2) is 20.3 Å². The lowest BCUT2D eigenvalue weighted by Crippen LogP contribution is -2.07. The van der Waals surface area contributed by atoms with Crippen molar-refractivity contribution in [3.05, 3.63) is 76.6 Å². The van der Waals surface area contributed by atoms with Gasteiger partial charge in [0, 0.05) is 11.8 Å². The van der Waals surface area contributed by atoms with Crippen molar-refractivity contribution in [3.63, 3.8) is 0 Å². The maximum Gasteiger partial charge on any atom is 0.159 e. The molecule has 3 aromatic rings. The SMILES string of the molecule is Cc1snnc1/C(=N\OCc1ccccn1)c1ccccc1. The van der Waals surface area contributed by atoms with E-state index in [0.29, 0.717) is 12.3 Å². The van der Waals surface area contributed by atoms with E-state index in [4.69, 9.17) is 4.84 Å². The summed E-state index contributed by atoms with van der Waals surface area (Å²) in [6.07, 6.45) is 1.73. The lowest BCUT2D eigenvalue weighted by Gasteiger charge is -2.05. The molecule has 110 valence electrons. The average Bonchev–Trinajstić information content (AvgIpc) is 2.99. The molecule has 1 aromatic carbocycles. The molecule has 0 unspecified atom stereocenters. The predicted octanol–water partition coefficient (Wildman–Crippen LogP) is 3.21. The number of hydrogen-bond donors (Lipinski definition) is 0. The van der Waals surface area contributed by atoms with E-state index >= 15 is 0 Å². The van der Waals surface area contributed by atoms with E-state index in [-0.39, 0.29) is 0 Å². The largest absolute Gasteiger partial charge is 0.389 e. The van der Waals surface area contributed by atoms with Crippen molar-refractivity contribution in [2.24, 2.45) is 5.16 Å². The predicted molar refractivity (Wildman–Crippen MR) is 85.8 cm³/mol. The van der Waals surface area contributed by atoms with Crippen LogP contribution in [0.1, 0.15) is 21.8 Å². The quantitative estimate of drug-likeness (QED) is 0.536. The van der Waals surface area contributed by atoms with E-state index in [9.17, 15) is 0 Å². The fraction of sp³-hybridized carbons (Fsp3) is 0.125. The van der Waals surface area contributed by atoms with Gasteiger partial charge in [0.05, 0.1) is 10.6 Å². The molecule has 0 bridgehead atoms. The molecule has 5 nitrogen and oxygen atoms in total. The molecule has 0 saturated carbocycles. The number of aromatic nitrogens is 3. The van der Waals surface area contributed by atoms with Crippen LogP contribution in [0.25, 0.3) is 0 Å². The summed E-state index contributed by atoms with van der Waals surface area (Å²) in [4.78, 5) is 10.7. The number of oxime groups is 1. The summed E-state index contributed by atoms with van der Waals surface area (Å²) >= 11 is 1.35. The summed E-state index contributed by atoms with van der Waals surface area (Å²) in [5, 5.41) is 8.43. The van der Waals surface area contributed by atoms with Gasteiger partial charge < -0.3 is 4.84 Å². The van der Waals surface area contributed by atoms with Crippen LogP contribution in [0.2, 0.25) is 0 Å². The van der Waals surface area contributed by atoms with E-state index in [0.717, 1.165) is 21.8 Å². The maximum absolute atomic E-state index is 5.48. The molecule has 0 radical (unpaired) electrons. The molecule has 2 heterocycles. The van der Waals surface area contributed by atoms with Crippen LogP contribution in [0.15, 0.2) is 59.9 Å². The number of rotatable bonds is 5. The molecule has 2 aromatic heterocycles. The second-order valence-corrected chi connectivity index (χ2v) is 5.54. The Labute approximate surface area is 132 Å². The molecule has 0 N–H and O–H groups in total. The van der Waals surface area contributed by atoms with Gasteiger partial charge in [0.25, 0.3) is 0 Å². The molecule has 6 heteroatoms. The Morgan fingerprint density at radius 1 is 1.14 bits per heavy atom. The molecule has 0 aliphatic carbocycles. The molecule has 0 aliphatic rings. The van der Waals surface area contributed by atoms with Gasteiger partial charge in [0.2, 0.25) is 0 Å². The van der Waals surface area contributed by atoms with E-state index in [2.05, 4.69) is 19.7 Å². The minimum absolute atomic E-state index is 0.313. The molecule has 0 amide bonds. The Bertz CT molecular complexity index is 756. The third-order valence-corrected chi connectivity index (χ3v) is 3.65. The fourth-order valence-electron chi connectivity index (χ4n) is 1.93. The summed E-state index contributed by atoms with van der Waals surface area (Å²) in [5.74, 6) is 0. The van der Waals surface area contributed by atoms with Crippen molar-refractivity contribution in [1.29, 1.82) is 0 Å². The van der Waals surface area contributed by atoms with Crippen molar-refractivity contribution >= 4 is 17.2 Å². The minimum Gasteiger partial charge on any atom is -0.389 e. The molecule has 0 saturated heterocycles. The highest BCUT2D eigenvalue weighted by Gasteiger charge is 2.14. The first-order chi connectivity index (χ1) is 10.8. The van der Waals surface area contributed by atoms with Gasteiger partial charge in [-0.1, -0.05) is 46.0 Å². The van der Waals surface area contributed by atoms with Crippen molar-refractivity contribution in [2.75, 3.05) is 0 Å². The third-order valence-electron chi connectivity index (χ3n) is 3.02. The second-order valence-electron chi connectivity index (χ2n) is 4.58. The molecule has 0 atom stereocenters. The van der Waals surface area contributed by atoms with Crippen molar-refractivity contribution in [1.82, 2.24) is 14.6 Å². The number of benzene rings is 1. The molecule has 3 rings (SSSR count). The topological polar surface area (TPSA) is 60.3 Å². The van der Waals surface area contributed by atoms with Gasteiger partial charge >= 0.3 is 0 Å². The van der Waals surface area contributed by atoms with E-state index < -0.39 is 0 Å². The first-order valence-electron chi connectivity index (χ1n) is 6.79. The van der Waals surface area contributed by atoms with Crippen LogP contribution in [0, 0.1) is 6.92 Å². The number of aryl methyl sites for hydroxylation is 1. The first-order valence-corrected chi connectivity index (χ1v) is 7.56. The Hall–Kier alpha value is -2.60. The van der Waals surface area contributed by atoms with Gasteiger partial charge in [-0.3, -0.25) is 4.98 Å². The molecular formula is C16H14N4OS. The Morgan fingerprint density at radius 2 is 1.95 bits per heavy atom. The lowest BCUT2D eigenvalue weighted by molar-refractivity contribution is 0.128. The van der Waals surface area contributed by atoms with Gasteiger partial charge in [-0.2, -0.15) is 0 Å². The molecular weight excluding hydrogens is 296 g/mol. The zero-order valence-corrected chi connectivity index (χ0v) is 12.8. The van der Waals surface area contributed by atoms with Crippen LogP contribution in [0.5, 0.6) is 0 Å². The standard InChI is InChI=1S/C16H14N4OS/c1-12-15(18-20-22-12)16(13-7-3-2-4-8-13)19-21-11-14-9-5-6-10-17-14/h2-10H,11H2,1H3/b19-16-. The Kier molecular flexibility index (Phi) is 4.50. The minimum atomic E-state index is 0.313. The number of nitrogens with zero attached hydrogens (tertiary/aromatic N) is 4. The number of pyridine rings is 1. The highest BCUT2D eigenvalue weighted by molar-refractivity contribution is 7.05. The van der Waals surface area contributed by atoms with Gasteiger partial charge in [-0.05, 0) is 30.6 Å². The van der Waals surface area contributed by atoms with Crippen LogP contribution < -0.4 is 0 Å². The highest BCUT2D eigenvalue weighted by atomic mass is 32.1. The molecule has 0 spiro atoms. The molecule has 22 heavy (non-hydrogen) atoms. The number of hydrogen-bond acceptors (Lipinski definition) is 6. The van der Waals surface area contributed by atoms with Crippen LogP contribution in [0.4, 0.5) is 0 Å². The van der Waals surface area contributed by atoms with Crippen LogP contribution in [-0.2, 0) is 11.4 Å². The molecule has 0 aliphatic heterocycles. The summed E-state index contributed by atoms with van der Waals surface area (Å²) in [6, 6.07) is 15.5. The van der Waals surface area contributed by atoms with E-state index in [1.165, 1.54) is 11.5 Å². The summed E-state index contributed by atoms with van der Waals surface area (Å²) in [5.41, 5.74) is 3.20. The average molecular weight is 310 g/mol. The third kappa shape index (κ3) is 3.35. The van der Waals surface area contributed by atoms with Gasteiger partial charge in [0.15, 0.2) is 6.61 Å². The second kappa shape index (κ2) is 6.91. The van der Waals surface area contributed by atoms with Crippen LogP contribution >= 0.6 is 11.5 Å². The summed E-state index contributed by atoms with van der Waals surface area (Å²) in [7, 11) is 0. The maximum atomic E-state index is 5.48. The zero-order valence-electron chi connectivity index (χ0n) is 12.0. The van der Waals surface area contributed by atoms with Gasteiger partial charge in [0.1, 0.15) is 11.4 Å². The normalized spacial score (nSPS) is 11.4. The smallest absolute Gasteiger partial charge is 0.159 e. The van der Waals surface area contributed by atoms with E-state index in [1.54, 1.807) is 6.20 Å². The lowest BCUT2D eigenvalue weighted by atomic mass is 10.1. The van der Waals surface area contributed by atoms with Crippen molar-refractivity contribution in [3.8, 4) is 0 Å². The monoisotopic (exact) mass is 310 g/mol. The Morgan fingerprint density at radius 3 is 2.64 bits per heavy atom. The zero-order chi connectivity index (χ0) is 15.2. The summed E-state index contributed by atoms with van der Waals surface area (Å²) in [6.45, 7) is 2.28. The van der Waals surface area contributed by atoms with Crippen molar-refractivity contribution in [2.45, 2.75) is 13.5 Å². The van der Waals surface area contributed by atoms with Crippen molar-refractivity contribution < 1.29 is 4.84 Å². The summed E-state index contributed by atoms with van der Waals surface area (Å²) < 4.78 is 3.98. The molecule has 0 fully saturated rings. The van der Waals surface area contributed by atoms with Gasteiger partial charge in [-0.25, -0.2) is 0 Å². The first kappa shape index (κ1) is 14.3.